The maximum absolute atomic E-state index is 12.2. The minimum atomic E-state index is -0.0327. The molecule has 0 N–H and O–H groups in total. The Morgan fingerprint density at radius 2 is 1.94 bits per heavy atom. The zero-order chi connectivity index (χ0) is 23.5. The molecule has 1 amide bonds. The van der Waals surface area contributed by atoms with Crippen LogP contribution in [0.25, 0.3) is 22.2 Å². The SMILES string of the molecule is C=CC(=O)N1CCC[C@@H](n2nc(-c3ccc(Oc4cccc(OC)c4)cc3)c3cnccc32)C1. The van der Waals surface area contributed by atoms with E-state index in [0.29, 0.717) is 12.3 Å². The smallest absolute Gasteiger partial charge is 0.246 e. The van der Waals surface area contributed by atoms with Gasteiger partial charge >= 0.3 is 0 Å². The van der Waals surface area contributed by atoms with Crippen molar-refractivity contribution in [3.05, 3.63) is 79.6 Å². The molecule has 1 atom stereocenters. The van der Waals surface area contributed by atoms with Crippen LogP contribution >= 0.6 is 0 Å². The van der Waals surface area contributed by atoms with Crippen molar-refractivity contribution in [3.63, 3.8) is 0 Å². The molecule has 172 valence electrons. The van der Waals surface area contributed by atoms with Crippen molar-refractivity contribution in [2.45, 2.75) is 18.9 Å². The lowest BCUT2D eigenvalue weighted by atomic mass is 10.1. The summed E-state index contributed by atoms with van der Waals surface area (Å²) in [5.74, 6) is 2.15. The fourth-order valence-electron chi connectivity index (χ4n) is 4.44. The van der Waals surface area contributed by atoms with Crippen LogP contribution in [0.15, 0.2) is 79.6 Å². The van der Waals surface area contributed by atoms with Crippen molar-refractivity contribution < 1.29 is 14.3 Å². The number of methoxy groups -OCH3 is 1. The highest BCUT2D eigenvalue weighted by Crippen LogP contribution is 2.33. The summed E-state index contributed by atoms with van der Waals surface area (Å²) in [5.41, 5.74) is 2.85. The number of rotatable bonds is 6. The van der Waals surface area contributed by atoms with Gasteiger partial charge < -0.3 is 14.4 Å². The number of piperidine rings is 1. The minimum Gasteiger partial charge on any atom is -0.497 e. The Hall–Kier alpha value is -4.13. The van der Waals surface area contributed by atoms with Crippen LogP contribution < -0.4 is 9.47 Å². The van der Waals surface area contributed by atoms with Crippen LogP contribution in [0.3, 0.4) is 0 Å². The molecule has 2 aromatic carbocycles. The molecular weight excluding hydrogens is 428 g/mol. The fourth-order valence-corrected chi connectivity index (χ4v) is 4.44. The van der Waals surface area contributed by atoms with Crippen LogP contribution in [-0.2, 0) is 4.79 Å². The van der Waals surface area contributed by atoms with Gasteiger partial charge in [-0.15, -0.1) is 0 Å². The van der Waals surface area contributed by atoms with E-state index in [1.54, 1.807) is 13.3 Å². The molecule has 0 spiro atoms. The van der Waals surface area contributed by atoms with Crippen molar-refractivity contribution in [3.8, 4) is 28.5 Å². The largest absolute Gasteiger partial charge is 0.497 e. The van der Waals surface area contributed by atoms with Crippen LogP contribution in [0, 0.1) is 0 Å². The summed E-state index contributed by atoms with van der Waals surface area (Å²) >= 11 is 0. The second-order valence-electron chi connectivity index (χ2n) is 8.28. The van der Waals surface area contributed by atoms with Gasteiger partial charge in [0.05, 0.1) is 18.7 Å². The lowest BCUT2D eigenvalue weighted by Gasteiger charge is -2.32. The van der Waals surface area contributed by atoms with Crippen LogP contribution in [0.1, 0.15) is 18.9 Å². The Kier molecular flexibility index (Phi) is 5.99. The van der Waals surface area contributed by atoms with E-state index >= 15 is 0 Å². The highest BCUT2D eigenvalue weighted by Gasteiger charge is 2.26. The lowest BCUT2D eigenvalue weighted by Crippen LogP contribution is -2.40. The summed E-state index contributed by atoms with van der Waals surface area (Å²) in [6, 6.07) is 17.5. The number of carbonyl (C=O) groups is 1. The van der Waals surface area contributed by atoms with E-state index in [1.807, 2.05) is 65.7 Å². The second kappa shape index (κ2) is 9.39. The van der Waals surface area contributed by atoms with Gasteiger partial charge in [-0.25, -0.2) is 0 Å². The Morgan fingerprint density at radius 1 is 1.12 bits per heavy atom. The predicted octanol–water partition coefficient (Wildman–Crippen LogP) is 5.25. The normalized spacial score (nSPS) is 15.8. The standard InChI is InChI=1S/C27H26N4O3/c1-3-26(32)30-15-5-6-20(18-30)31-25-13-14-28-17-24(25)27(29-31)19-9-11-21(12-10-19)34-23-8-4-7-22(16-23)33-2/h3-4,7-14,16-17,20H,1,5-6,15,18H2,2H3/t20-/m1/s1. The molecule has 0 aliphatic carbocycles. The van der Waals surface area contributed by atoms with E-state index in [4.69, 9.17) is 14.6 Å². The zero-order valence-electron chi connectivity index (χ0n) is 19.1. The molecule has 2 aromatic heterocycles. The van der Waals surface area contributed by atoms with Crippen molar-refractivity contribution in [2.75, 3.05) is 20.2 Å². The number of hydrogen-bond donors (Lipinski definition) is 0. The summed E-state index contributed by atoms with van der Waals surface area (Å²) in [6.07, 6.45) is 6.92. The van der Waals surface area contributed by atoms with Crippen molar-refractivity contribution in [1.29, 1.82) is 0 Å². The molecule has 1 aliphatic rings. The van der Waals surface area contributed by atoms with Gasteiger partial charge in [0.15, 0.2) is 0 Å². The maximum Gasteiger partial charge on any atom is 0.246 e. The van der Waals surface area contributed by atoms with Crippen molar-refractivity contribution >= 4 is 16.8 Å². The fraction of sp³-hybridized carbons (Fsp3) is 0.222. The van der Waals surface area contributed by atoms with E-state index in [0.717, 1.165) is 53.0 Å². The van der Waals surface area contributed by atoms with Gasteiger partial charge in [0.1, 0.15) is 22.9 Å². The monoisotopic (exact) mass is 454 g/mol. The molecule has 0 unspecified atom stereocenters. The maximum atomic E-state index is 12.2. The number of pyridine rings is 1. The number of hydrogen-bond acceptors (Lipinski definition) is 5. The number of ether oxygens (including phenoxy) is 2. The molecule has 1 aliphatic heterocycles. The molecule has 5 rings (SSSR count). The zero-order valence-corrected chi connectivity index (χ0v) is 19.1. The first kappa shape index (κ1) is 21.7. The van der Waals surface area contributed by atoms with E-state index in [9.17, 15) is 4.79 Å². The number of nitrogens with zero attached hydrogens (tertiary/aromatic N) is 4. The first-order valence-electron chi connectivity index (χ1n) is 11.3. The second-order valence-corrected chi connectivity index (χ2v) is 8.28. The first-order valence-corrected chi connectivity index (χ1v) is 11.3. The molecule has 0 bridgehead atoms. The van der Waals surface area contributed by atoms with Crippen molar-refractivity contribution in [2.24, 2.45) is 0 Å². The van der Waals surface area contributed by atoms with E-state index < -0.39 is 0 Å². The molecule has 0 saturated carbocycles. The van der Waals surface area contributed by atoms with Gasteiger partial charge in [-0.1, -0.05) is 12.6 Å². The van der Waals surface area contributed by atoms with E-state index in [2.05, 4.69) is 16.2 Å². The average molecular weight is 455 g/mol. The third-order valence-corrected chi connectivity index (χ3v) is 6.14. The third-order valence-electron chi connectivity index (χ3n) is 6.14. The summed E-state index contributed by atoms with van der Waals surface area (Å²) in [6.45, 7) is 5.01. The van der Waals surface area contributed by atoms with Crippen LogP contribution in [0.2, 0.25) is 0 Å². The third kappa shape index (κ3) is 4.24. The number of fused-ring (bicyclic) bond motifs is 1. The van der Waals surface area contributed by atoms with Gasteiger partial charge in [0.2, 0.25) is 5.91 Å². The average Bonchev–Trinajstić information content (AvgIpc) is 3.28. The van der Waals surface area contributed by atoms with Crippen molar-refractivity contribution in [1.82, 2.24) is 19.7 Å². The van der Waals surface area contributed by atoms with Gasteiger partial charge in [-0.3, -0.25) is 14.5 Å². The predicted molar refractivity (Wildman–Crippen MR) is 131 cm³/mol. The molecule has 4 aromatic rings. The van der Waals surface area contributed by atoms with Gasteiger partial charge in [-0.05, 0) is 61.4 Å². The number of benzene rings is 2. The minimum absolute atomic E-state index is 0.0327. The highest BCUT2D eigenvalue weighted by molar-refractivity contribution is 5.93. The molecule has 1 fully saturated rings. The topological polar surface area (TPSA) is 69.5 Å². The molecule has 34 heavy (non-hydrogen) atoms. The van der Waals surface area contributed by atoms with Gasteiger partial charge in [0.25, 0.3) is 0 Å². The molecule has 3 heterocycles. The summed E-state index contributed by atoms with van der Waals surface area (Å²) < 4.78 is 13.3. The summed E-state index contributed by atoms with van der Waals surface area (Å²) in [7, 11) is 1.63. The van der Waals surface area contributed by atoms with E-state index in [-0.39, 0.29) is 11.9 Å². The highest BCUT2D eigenvalue weighted by atomic mass is 16.5. The Morgan fingerprint density at radius 3 is 2.74 bits per heavy atom. The first-order chi connectivity index (χ1) is 16.7. The van der Waals surface area contributed by atoms with E-state index in [1.165, 1.54) is 6.08 Å². The lowest BCUT2D eigenvalue weighted by molar-refractivity contribution is -0.127. The molecule has 7 heteroatoms. The summed E-state index contributed by atoms with van der Waals surface area (Å²) in [4.78, 5) is 18.4. The van der Waals surface area contributed by atoms with Gasteiger partial charge in [0, 0.05) is 42.5 Å². The Bertz CT molecular complexity index is 1330. The quantitative estimate of drug-likeness (QED) is 0.372. The number of likely N-dealkylation sites (tertiary alicyclic amines) is 1. The number of carbonyl (C=O) groups excluding carboxylic acids is 1. The van der Waals surface area contributed by atoms with Gasteiger partial charge in [-0.2, -0.15) is 5.10 Å². The molecule has 7 nitrogen and oxygen atoms in total. The van der Waals surface area contributed by atoms with Crippen LogP contribution in [0.5, 0.6) is 17.2 Å². The molecular formula is C27H26N4O3. The number of aromatic nitrogens is 3. The van der Waals surface area contributed by atoms with Crippen LogP contribution in [0.4, 0.5) is 0 Å². The molecule has 0 radical (unpaired) electrons. The van der Waals surface area contributed by atoms with Crippen LogP contribution in [-0.4, -0.2) is 45.8 Å². The Labute approximate surface area is 198 Å². The Balaban J connectivity index is 1.44. The summed E-state index contributed by atoms with van der Waals surface area (Å²) in [5, 5.41) is 5.98. The molecule has 1 saturated heterocycles. The number of amides is 1.